The molecule has 2 aromatic rings. The maximum atomic E-state index is 12.0. The molecule has 0 aliphatic carbocycles. The second-order valence-electron chi connectivity index (χ2n) is 3.53. The van der Waals surface area contributed by atoms with Crippen molar-refractivity contribution in [1.82, 2.24) is 10.2 Å². The van der Waals surface area contributed by atoms with Crippen LogP contribution in [-0.4, -0.2) is 24.4 Å². The lowest BCUT2D eigenvalue weighted by Gasteiger charge is -2.02. The van der Waals surface area contributed by atoms with Crippen LogP contribution >= 0.6 is 0 Å². The second-order valence-corrected chi connectivity index (χ2v) is 5.54. The molecule has 2 rings (SSSR count). The summed E-state index contributed by atoms with van der Waals surface area (Å²) in [5.41, 5.74) is 1.23. The Morgan fingerprint density at radius 2 is 2.00 bits per heavy atom. The van der Waals surface area contributed by atoms with Gasteiger partial charge in [-0.1, -0.05) is 36.4 Å². The van der Waals surface area contributed by atoms with Crippen LogP contribution in [0.3, 0.4) is 0 Å². The van der Waals surface area contributed by atoms with Crippen LogP contribution in [0, 0.1) is 0 Å². The van der Waals surface area contributed by atoms with Gasteiger partial charge in [0.25, 0.3) is 0 Å². The zero-order valence-electron chi connectivity index (χ0n) is 9.13. The first-order chi connectivity index (χ1) is 8.15. The predicted octanol–water partition coefficient (Wildman–Crippen LogP) is 2.04. The molecule has 0 fully saturated rings. The second kappa shape index (κ2) is 4.55. The Bertz CT molecular complexity index is 615. The molecule has 17 heavy (non-hydrogen) atoms. The fraction of sp³-hybridized carbons (Fsp3) is 0.0833. The maximum absolute atomic E-state index is 12.0. The Hall–Kier alpha value is -1.88. The Labute approximate surface area is 99.9 Å². The molecule has 0 aliphatic rings. The number of hydrogen-bond donors (Lipinski definition) is 1. The van der Waals surface area contributed by atoms with E-state index in [1.807, 2.05) is 30.3 Å². The van der Waals surface area contributed by atoms with E-state index in [4.69, 9.17) is 0 Å². The Morgan fingerprint density at radius 1 is 1.29 bits per heavy atom. The van der Waals surface area contributed by atoms with Gasteiger partial charge in [0.1, 0.15) is 10.6 Å². The van der Waals surface area contributed by atoms with Crippen LogP contribution < -0.4 is 0 Å². The van der Waals surface area contributed by atoms with Gasteiger partial charge in [-0.15, -0.1) is 6.58 Å². The molecule has 1 aromatic carbocycles. The number of rotatable bonds is 4. The smallest absolute Gasteiger partial charge is 0.185 e. The molecular formula is C12H12N2O2S. The molecule has 0 atom stereocenters. The van der Waals surface area contributed by atoms with Gasteiger partial charge in [0.2, 0.25) is 0 Å². The van der Waals surface area contributed by atoms with Crippen molar-refractivity contribution in [3.8, 4) is 11.3 Å². The number of nitrogens with zero attached hydrogens (tertiary/aromatic N) is 1. The van der Waals surface area contributed by atoms with E-state index in [-0.39, 0.29) is 10.6 Å². The minimum absolute atomic E-state index is 0.0909. The summed E-state index contributed by atoms with van der Waals surface area (Å²) >= 11 is 0. The van der Waals surface area contributed by atoms with E-state index in [0.29, 0.717) is 5.69 Å². The van der Waals surface area contributed by atoms with Gasteiger partial charge < -0.3 is 0 Å². The fourth-order valence-corrected chi connectivity index (χ4v) is 2.74. The summed E-state index contributed by atoms with van der Waals surface area (Å²) in [6, 6.07) is 9.20. The minimum Gasteiger partial charge on any atom is -0.284 e. The average Bonchev–Trinajstić information content (AvgIpc) is 2.79. The van der Waals surface area contributed by atoms with E-state index in [0.717, 1.165) is 5.56 Å². The quantitative estimate of drug-likeness (QED) is 0.842. The third kappa shape index (κ3) is 2.29. The van der Waals surface area contributed by atoms with E-state index < -0.39 is 9.84 Å². The van der Waals surface area contributed by atoms with E-state index >= 15 is 0 Å². The third-order valence-corrected chi connectivity index (χ3v) is 3.98. The summed E-state index contributed by atoms with van der Waals surface area (Å²) in [5, 5.41) is 6.59. The lowest BCUT2D eigenvalue weighted by Crippen LogP contribution is -2.04. The molecule has 0 saturated carbocycles. The van der Waals surface area contributed by atoms with Crippen molar-refractivity contribution >= 4 is 9.84 Å². The van der Waals surface area contributed by atoms with Crippen LogP contribution in [-0.2, 0) is 9.84 Å². The molecule has 1 N–H and O–H groups in total. The molecule has 1 heterocycles. The molecule has 0 amide bonds. The first-order valence-corrected chi connectivity index (χ1v) is 6.73. The maximum Gasteiger partial charge on any atom is 0.185 e. The van der Waals surface area contributed by atoms with Crippen LogP contribution in [0.15, 0.2) is 54.1 Å². The number of benzene rings is 1. The van der Waals surface area contributed by atoms with Crippen LogP contribution in [0.25, 0.3) is 11.3 Å². The van der Waals surface area contributed by atoms with E-state index in [1.165, 1.54) is 12.3 Å². The fourth-order valence-electron chi connectivity index (χ4n) is 1.56. The normalized spacial score (nSPS) is 11.3. The van der Waals surface area contributed by atoms with Crippen molar-refractivity contribution in [3.63, 3.8) is 0 Å². The number of aromatic nitrogens is 2. The zero-order valence-corrected chi connectivity index (χ0v) is 9.94. The molecule has 5 heteroatoms. The lowest BCUT2D eigenvalue weighted by molar-refractivity contribution is 0.599. The summed E-state index contributed by atoms with van der Waals surface area (Å²) in [7, 11) is -3.36. The van der Waals surface area contributed by atoms with Gasteiger partial charge in [-0.3, -0.25) is 5.10 Å². The number of sulfone groups is 1. The van der Waals surface area contributed by atoms with Crippen LogP contribution in [0.1, 0.15) is 0 Å². The summed E-state index contributed by atoms with van der Waals surface area (Å²) in [6.45, 7) is 3.45. The highest BCUT2D eigenvalue weighted by molar-refractivity contribution is 7.91. The topological polar surface area (TPSA) is 62.8 Å². The van der Waals surface area contributed by atoms with Crippen LogP contribution in [0.4, 0.5) is 0 Å². The standard InChI is InChI=1S/C12H12N2O2S/c1-2-8-17(15,16)11-9-13-14-12(11)10-6-4-3-5-7-10/h2-7,9H,1,8H2,(H,13,14). The molecule has 4 nitrogen and oxygen atoms in total. The number of nitrogens with one attached hydrogen (secondary N) is 1. The van der Waals surface area contributed by atoms with Crippen molar-refractivity contribution in [2.24, 2.45) is 0 Å². The van der Waals surface area contributed by atoms with E-state index in [9.17, 15) is 8.42 Å². The number of hydrogen-bond acceptors (Lipinski definition) is 3. The van der Waals surface area contributed by atoms with Crippen molar-refractivity contribution in [3.05, 3.63) is 49.2 Å². The number of aromatic amines is 1. The average molecular weight is 248 g/mol. The summed E-state index contributed by atoms with van der Waals surface area (Å²) in [5.74, 6) is -0.0909. The molecule has 88 valence electrons. The summed E-state index contributed by atoms with van der Waals surface area (Å²) in [4.78, 5) is 0.212. The van der Waals surface area contributed by atoms with Crippen molar-refractivity contribution in [1.29, 1.82) is 0 Å². The van der Waals surface area contributed by atoms with Crippen LogP contribution in [0.5, 0.6) is 0 Å². The molecule has 0 radical (unpaired) electrons. The van der Waals surface area contributed by atoms with E-state index in [1.54, 1.807) is 0 Å². The first-order valence-electron chi connectivity index (χ1n) is 5.08. The molecule has 0 unspecified atom stereocenters. The predicted molar refractivity (Wildman–Crippen MR) is 66.3 cm³/mol. The van der Waals surface area contributed by atoms with E-state index in [2.05, 4.69) is 16.8 Å². The van der Waals surface area contributed by atoms with Gasteiger partial charge in [0.15, 0.2) is 9.84 Å². The lowest BCUT2D eigenvalue weighted by atomic mass is 10.2. The summed E-state index contributed by atoms with van der Waals surface area (Å²) < 4.78 is 23.9. The van der Waals surface area contributed by atoms with Gasteiger partial charge in [0, 0.05) is 11.8 Å². The first kappa shape index (κ1) is 11.6. The van der Waals surface area contributed by atoms with Gasteiger partial charge in [-0.25, -0.2) is 8.42 Å². The molecule has 0 bridgehead atoms. The van der Waals surface area contributed by atoms with Gasteiger partial charge >= 0.3 is 0 Å². The third-order valence-electron chi connectivity index (χ3n) is 2.32. The Kier molecular flexibility index (Phi) is 3.10. The molecule has 1 aromatic heterocycles. The highest BCUT2D eigenvalue weighted by atomic mass is 32.2. The van der Waals surface area contributed by atoms with Gasteiger partial charge in [0.05, 0.1) is 5.75 Å². The Balaban J connectivity index is 2.53. The molecule has 0 saturated heterocycles. The largest absolute Gasteiger partial charge is 0.284 e. The highest BCUT2D eigenvalue weighted by Crippen LogP contribution is 2.25. The molecular weight excluding hydrogens is 236 g/mol. The monoisotopic (exact) mass is 248 g/mol. The number of H-pyrrole nitrogens is 1. The van der Waals surface area contributed by atoms with Crippen molar-refractivity contribution in [2.45, 2.75) is 4.90 Å². The van der Waals surface area contributed by atoms with Crippen molar-refractivity contribution in [2.75, 3.05) is 5.75 Å². The van der Waals surface area contributed by atoms with Crippen LogP contribution in [0.2, 0.25) is 0 Å². The van der Waals surface area contributed by atoms with Crippen molar-refractivity contribution < 1.29 is 8.42 Å². The Morgan fingerprint density at radius 3 is 2.65 bits per heavy atom. The minimum atomic E-state index is -3.36. The highest BCUT2D eigenvalue weighted by Gasteiger charge is 2.20. The molecule has 0 spiro atoms. The zero-order chi connectivity index (χ0) is 12.3. The van der Waals surface area contributed by atoms with Gasteiger partial charge in [-0.2, -0.15) is 5.10 Å². The van der Waals surface area contributed by atoms with Gasteiger partial charge in [-0.05, 0) is 0 Å². The SMILES string of the molecule is C=CCS(=O)(=O)c1c[nH]nc1-c1ccccc1. The summed E-state index contributed by atoms with van der Waals surface area (Å²) in [6.07, 6.45) is 2.78. The molecule has 0 aliphatic heterocycles.